The van der Waals surface area contributed by atoms with Crippen LogP contribution in [-0.4, -0.2) is 57.3 Å². The minimum Gasteiger partial charge on any atom is -0.354 e. The number of hydrogen-bond acceptors (Lipinski definition) is 4. The van der Waals surface area contributed by atoms with E-state index in [9.17, 15) is 14.4 Å². The van der Waals surface area contributed by atoms with E-state index < -0.39 is 5.54 Å². The van der Waals surface area contributed by atoms with E-state index in [0.717, 1.165) is 6.42 Å². The van der Waals surface area contributed by atoms with Crippen LogP contribution in [0, 0.1) is 12.8 Å². The lowest BCUT2D eigenvalue weighted by molar-refractivity contribution is -0.132. The summed E-state index contributed by atoms with van der Waals surface area (Å²) in [5.41, 5.74) is 1.65. The number of carbonyl (C=O) groups is 3. The van der Waals surface area contributed by atoms with Crippen LogP contribution in [0.2, 0.25) is 0 Å². The van der Waals surface area contributed by atoms with E-state index in [1.807, 2.05) is 38.1 Å². The fourth-order valence-corrected chi connectivity index (χ4v) is 4.38. The second-order valence-electron chi connectivity index (χ2n) is 9.67. The second-order valence-corrected chi connectivity index (χ2v) is 9.67. The number of hydrogen-bond donors (Lipinski definition) is 2. The molecular weight excluding hydrogens is 430 g/mol. The first-order chi connectivity index (χ1) is 16.2. The molecule has 0 radical (unpaired) electrons. The summed E-state index contributed by atoms with van der Waals surface area (Å²) in [7, 11) is 0. The quantitative estimate of drug-likeness (QED) is 0.562. The van der Waals surface area contributed by atoms with Crippen LogP contribution < -0.4 is 10.6 Å². The third-order valence-electron chi connectivity index (χ3n) is 6.46. The van der Waals surface area contributed by atoms with Crippen molar-refractivity contribution in [2.75, 3.05) is 19.6 Å². The van der Waals surface area contributed by atoms with Gasteiger partial charge in [-0.05, 0) is 50.2 Å². The Balaban J connectivity index is 1.76. The van der Waals surface area contributed by atoms with Gasteiger partial charge in [0.2, 0.25) is 5.91 Å². The van der Waals surface area contributed by atoms with Gasteiger partial charge in [-0.25, -0.2) is 4.98 Å². The molecule has 34 heavy (non-hydrogen) atoms. The first-order valence-corrected chi connectivity index (χ1v) is 12.2. The second kappa shape index (κ2) is 10.8. The molecule has 0 fully saturated rings. The van der Waals surface area contributed by atoms with Crippen LogP contribution in [0.15, 0.2) is 30.6 Å². The van der Waals surface area contributed by atoms with Crippen LogP contribution >= 0.6 is 0 Å². The highest BCUT2D eigenvalue weighted by molar-refractivity contribution is 6.07. The van der Waals surface area contributed by atoms with Gasteiger partial charge in [0.1, 0.15) is 11.2 Å². The van der Waals surface area contributed by atoms with Crippen molar-refractivity contribution >= 4 is 17.7 Å². The maximum absolute atomic E-state index is 13.5. The highest BCUT2D eigenvalue weighted by Gasteiger charge is 2.48. The Morgan fingerprint density at radius 2 is 1.91 bits per heavy atom. The molecule has 8 nitrogen and oxygen atoms in total. The molecule has 1 atom stereocenters. The third kappa shape index (κ3) is 5.32. The monoisotopic (exact) mass is 467 g/mol. The number of aromatic nitrogens is 2. The molecule has 1 aromatic carbocycles. The Bertz CT molecular complexity index is 1040. The van der Waals surface area contributed by atoms with Crippen molar-refractivity contribution in [3.8, 4) is 0 Å². The Morgan fingerprint density at radius 3 is 2.59 bits per heavy atom. The first-order valence-electron chi connectivity index (χ1n) is 12.2. The van der Waals surface area contributed by atoms with Crippen LogP contribution in [0.4, 0.5) is 0 Å². The summed E-state index contributed by atoms with van der Waals surface area (Å²) in [4.78, 5) is 45.5. The maximum Gasteiger partial charge on any atom is 0.273 e. The van der Waals surface area contributed by atoms with Crippen LogP contribution in [0.3, 0.4) is 0 Å². The van der Waals surface area contributed by atoms with Gasteiger partial charge in [0, 0.05) is 19.6 Å². The topological polar surface area (TPSA) is 96.3 Å². The molecule has 0 unspecified atom stereocenters. The predicted molar refractivity (Wildman–Crippen MR) is 132 cm³/mol. The Hall–Kier alpha value is -3.16. The zero-order valence-electron chi connectivity index (χ0n) is 21.0. The molecule has 1 aromatic heterocycles. The Labute approximate surface area is 202 Å². The third-order valence-corrected chi connectivity index (χ3v) is 6.46. The number of imidazole rings is 1. The van der Waals surface area contributed by atoms with E-state index in [-0.39, 0.29) is 35.7 Å². The molecule has 0 aliphatic carbocycles. The van der Waals surface area contributed by atoms with Gasteiger partial charge < -0.3 is 20.1 Å². The van der Waals surface area contributed by atoms with Crippen molar-refractivity contribution in [3.05, 3.63) is 53.1 Å². The molecule has 0 saturated carbocycles. The summed E-state index contributed by atoms with van der Waals surface area (Å²) in [6, 6.07) is 8.05. The van der Waals surface area contributed by atoms with E-state index in [0.29, 0.717) is 38.4 Å². The molecule has 2 aromatic rings. The van der Waals surface area contributed by atoms with Gasteiger partial charge in [-0.2, -0.15) is 0 Å². The number of benzene rings is 1. The van der Waals surface area contributed by atoms with Crippen LogP contribution in [0.25, 0.3) is 0 Å². The maximum atomic E-state index is 13.5. The molecule has 2 N–H and O–H groups in total. The van der Waals surface area contributed by atoms with Gasteiger partial charge in [-0.1, -0.05) is 45.0 Å². The number of rotatable bonds is 10. The summed E-state index contributed by atoms with van der Waals surface area (Å²) in [6.07, 6.45) is 3.75. The largest absolute Gasteiger partial charge is 0.354 e. The SMILES string of the molecule is CCCN1C(=O)c2c(C(=O)NCCc3ccccc3C)ncn2C[C@]1(C)C(=O)NCCC(C)C. The van der Waals surface area contributed by atoms with Crippen LogP contribution in [0.1, 0.15) is 72.6 Å². The summed E-state index contributed by atoms with van der Waals surface area (Å²) in [6.45, 7) is 11.7. The summed E-state index contributed by atoms with van der Waals surface area (Å²) >= 11 is 0. The predicted octanol–water partition coefficient (Wildman–Crippen LogP) is 2.95. The first kappa shape index (κ1) is 25.5. The van der Waals surface area contributed by atoms with Crippen molar-refractivity contribution < 1.29 is 14.4 Å². The van der Waals surface area contributed by atoms with E-state index in [4.69, 9.17) is 0 Å². The Morgan fingerprint density at radius 1 is 1.18 bits per heavy atom. The summed E-state index contributed by atoms with van der Waals surface area (Å²) < 4.78 is 1.65. The molecule has 0 saturated heterocycles. The summed E-state index contributed by atoms with van der Waals surface area (Å²) in [5.74, 6) is -0.424. The normalized spacial score (nSPS) is 17.6. The van der Waals surface area contributed by atoms with Gasteiger partial charge in [0.25, 0.3) is 11.8 Å². The molecule has 184 valence electrons. The number of amides is 3. The number of carbonyl (C=O) groups excluding carboxylic acids is 3. The highest BCUT2D eigenvalue weighted by Crippen LogP contribution is 2.29. The minimum absolute atomic E-state index is 0.109. The zero-order valence-corrected chi connectivity index (χ0v) is 21.0. The Kier molecular flexibility index (Phi) is 8.12. The fraction of sp³-hybridized carbons (Fsp3) is 0.538. The standard InChI is InChI=1S/C26H37N5O3/c1-6-15-31-24(33)22-21(23(32)27-14-12-20-10-8-7-9-19(20)4)29-17-30(22)16-26(31,5)25(34)28-13-11-18(2)3/h7-10,17-18H,6,11-16H2,1-5H3,(H,27,32)(H,28,34)/t26-/m1/s1. The number of nitrogens with zero attached hydrogens (tertiary/aromatic N) is 3. The molecule has 3 rings (SSSR count). The molecule has 8 heteroatoms. The molecule has 2 heterocycles. The van der Waals surface area contributed by atoms with Crippen molar-refractivity contribution in [3.63, 3.8) is 0 Å². The molecule has 0 bridgehead atoms. The average molecular weight is 468 g/mol. The van der Waals surface area contributed by atoms with Crippen molar-refractivity contribution in [1.29, 1.82) is 0 Å². The fourth-order valence-electron chi connectivity index (χ4n) is 4.38. The van der Waals surface area contributed by atoms with Gasteiger partial charge in [0.15, 0.2) is 5.69 Å². The smallest absolute Gasteiger partial charge is 0.273 e. The molecule has 0 spiro atoms. The number of nitrogens with one attached hydrogen (secondary N) is 2. The van der Waals surface area contributed by atoms with Crippen LogP contribution in [0.5, 0.6) is 0 Å². The average Bonchev–Trinajstić information content (AvgIpc) is 3.21. The molecule has 3 amide bonds. The number of aryl methyl sites for hydroxylation is 1. The van der Waals surface area contributed by atoms with Crippen molar-refractivity contribution in [1.82, 2.24) is 25.1 Å². The summed E-state index contributed by atoms with van der Waals surface area (Å²) in [5, 5.41) is 5.89. The van der Waals surface area contributed by atoms with E-state index in [1.54, 1.807) is 16.4 Å². The highest BCUT2D eigenvalue weighted by atomic mass is 16.2. The lowest BCUT2D eigenvalue weighted by Crippen LogP contribution is -2.64. The van der Waals surface area contributed by atoms with Gasteiger partial charge >= 0.3 is 0 Å². The zero-order chi connectivity index (χ0) is 24.9. The van der Waals surface area contributed by atoms with E-state index in [1.165, 1.54) is 17.5 Å². The van der Waals surface area contributed by atoms with Gasteiger partial charge in [0.05, 0.1) is 12.9 Å². The van der Waals surface area contributed by atoms with Crippen molar-refractivity contribution in [2.24, 2.45) is 5.92 Å². The number of fused-ring (bicyclic) bond motifs is 1. The molecule has 1 aliphatic heterocycles. The lowest BCUT2D eigenvalue weighted by atomic mass is 9.93. The van der Waals surface area contributed by atoms with Gasteiger partial charge in [-0.15, -0.1) is 0 Å². The minimum atomic E-state index is -1.05. The van der Waals surface area contributed by atoms with Crippen molar-refractivity contribution in [2.45, 2.75) is 66.0 Å². The lowest BCUT2D eigenvalue weighted by Gasteiger charge is -2.43. The van der Waals surface area contributed by atoms with Crippen LogP contribution in [-0.2, 0) is 17.8 Å². The molecule has 1 aliphatic rings. The van der Waals surface area contributed by atoms with Gasteiger partial charge in [-0.3, -0.25) is 14.4 Å². The van der Waals surface area contributed by atoms with E-state index in [2.05, 4.69) is 29.5 Å². The van der Waals surface area contributed by atoms with E-state index >= 15 is 0 Å². The molecular formula is C26H37N5O3.